The molecular weight excluding hydrogens is 170 g/mol. The number of hydrogen-bond donors (Lipinski definition) is 1. The summed E-state index contributed by atoms with van der Waals surface area (Å²) < 4.78 is 0. The lowest BCUT2D eigenvalue weighted by atomic mass is 10.1. The number of likely N-dealkylation sites (tertiary alicyclic amines) is 1. The van der Waals surface area contributed by atoms with Gasteiger partial charge in [-0.05, 0) is 18.1 Å². The van der Waals surface area contributed by atoms with Crippen LogP contribution >= 0.6 is 12.6 Å². The summed E-state index contributed by atoms with van der Waals surface area (Å²) in [4.78, 5) is 13.4. The highest BCUT2D eigenvalue weighted by molar-refractivity contribution is 7.80. The molecule has 0 saturated carbocycles. The van der Waals surface area contributed by atoms with Gasteiger partial charge in [0.2, 0.25) is 5.91 Å². The first kappa shape index (κ1) is 9.90. The van der Waals surface area contributed by atoms with Gasteiger partial charge < -0.3 is 4.90 Å². The molecule has 12 heavy (non-hydrogen) atoms. The van der Waals surface area contributed by atoms with E-state index in [1.807, 2.05) is 11.8 Å². The Hall–Kier alpha value is -0.180. The molecule has 1 rings (SSSR count). The maximum atomic E-state index is 11.5. The predicted molar refractivity (Wildman–Crippen MR) is 53.4 cm³/mol. The van der Waals surface area contributed by atoms with Gasteiger partial charge in [0, 0.05) is 19.0 Å². The molecule has 0 aromatic heterocycles. The summed E-state index contributed by atoms with van der Waals surface area (Å²) in [5.74, 6) is 1.95. The smallest absolute Gasteiger partial charge is 0.225 e. The molecule has 0 radical (unpaired) electrons. The van der Waals surface area contributed by atoms with Crippen molar-refractivity contribution in [2.24, 2.45) is 11.8 Å². The first-order valence-corrected chi connectivity index (χ1v) is 5.18. The molecule has 2 unspecified atom stereocenters. The minimum Gasteiger partial charge on any atom is -0.342 e. The van der Waals surface area contributed by atoms with Gasteiger partial charge in [0.15, 0.2) is 0 Å². The van der Waals surface area contributed by atoms with E-state index in [1.54, 1.807) is 0 Å². The molecule has 1 amide bonds. The van der Waals surface area contributed by atoms with Crippen molar-refractivity contribution >= 4 is 18.5 Å². The second-order valence-corrected chi connectivity index (χ2v) is 4.13. The van der Waals surface area contributed by atoms with Crippen molar-refractivity contribution in [2.45, 2.75) is 20.3 Å². The number of carbonyl (C=O) groups is 1. The summed E-state index contributed by atoms with van der Waals surface area (Å²) in [5, 5.41) is 0. The van der Waals surface area contributed by atoms with Gasteiger partial charge in [-0.25, -0.2) is 0 Å². The van der Waals surface area contributed by atoms with Crippen LogP contribution in [0.5, 0.6) is 0 Å². The van der Waals surface area contributed by atoms with Crippen molar-refractivity contribution in [1.82, 2.24) is 4.90 Å². The maximum absolute atomic E-state index is 11.5. The number of thiol groups is 1. The fourth-order valence-electron chi connectivity index (χ4n) is 1.51. The minimum absolute atomic E-state index is 0.247. The Morgan fingerprint density at radius 1 is 1.75 bits per heavy atom. The summed E-state index contributed by atoms with van der Waals surface area (Å²) in [6.45, 7) is 5.96. The fourth-order valence-corrected chi connectivity index (χ4v) is 1.63. The van der Waals surface area contributed by atoms with Gasteiger partial charge in [0.05, 0.1) is 0 Å². The highest BCUT2D eigenvalue weighted by Crippen LogP contribution is 2.18. The topological polar surface area (TPSA) is 20.3 Å². The van der Waals surface area contributed by atoms with E-state index >= 15 is 0 Å². The third kappa shape index (κ3) is 2.16. The Morgan fingerprint density at radius 3 is 2.83 bits per heavy atom. The van der Waals surface area contributed by atoms with Gasteiger partial charge in [-0.1, -0.05) is 13.8 Å². The highest BCUT2D eigenvalue weighted by Gasteiger charge is 2.28. The average molecular weight is 187 g/mol. The van der Waals surface area contributed by atoms with Crippen molar-refractivity contribution in [1.29, 1.82) is 0 Å². The summed E-state index contributed by atoms with van der Waals surface area (Å²) in [6.07, 6.45) is 1.03. The Balaban J connectivity index is 2.39. The Kier molecular flexibility index (Phi) is 3.44. The molecule has 0 aliphatic carbocycles. The molecule has 1 aliphatic rings. The number of amides is 1. The quantitative estimate of drug-likeness (QED) is 0.663. The maximum Gasteiger partial charge on any atom is 0.225 e. The van der Waals surface area contributed by atoms with Crippen LogP contribution in [0.15, 0.2) is 0 Å². The van der Waals surface area contributed by atoms with Crippen LogP contribution < -0.4 is 0 Å². The van der Waals surface area contributed by atoms with Crippen LogP contribution in [0.25, 0.3) is 0 Å². The van der Waals surface area contributed by atoms with E-state index in [1.165, 1.54) is 0 Å². The van der Waals surface area contributed by atoms with Gasteiger partial charge in [-0.2, -0.15) is 12.6 Å². The minimum atomic E-state index is 0.247. The summed E-state index contributed by atoms with van der Waals surface area (Å²) in [7, 11) is 0. The Bertz CT molecular complexity index is 172. The number of rotatable bonds is 3. The number of carbonyl (C=O) groups excluding carboxylic acids is 1. The molecule has 3 heteroatoms. The second-order valence-electron chi connectivity index (χ2n) is 3.76. The normalized spacial score (nSPS) is 26.4. The molecule has 0 aromatic carbocycles. The lowest BCUT2D eigenvalue weighted by molar-refractivity contribution is -0.130. The molecule has 2 atom stereocenters. The molecule has 1 heterocycles. The molecule has 70 valence electrons. The van der Waals surface area contributed by atoms with E-state index < -0.39 is 0 Å². The molecule has 0 aromatic rings. The monoisotopic (exact) mass is 187 g/mol. The van der Waals surface area contributed by atoms with Crippen LogP contribution in [-0.4, -0.2) is 29.6 Å². The zero-order valence-electron chi connectivity index (χ0n) is 7.79. The molecule has 1 saturated heterocycles. The van der Waals surface area contributed by atoms with Crippen molar-refractivity contribution in [2.75, 3.05) is 18.8 Å². The zero-order valence-corrected chi connectivity index (χ0v) is 8.68. The van der Waals surface area contributed by atoms with E-state index in [4.69, 9.17) is 0 Å². The van der Waals surface area contributed by atoms with E-state index in [0.29, 0.717) is 11.8 Å². The highest BCUT2D eigenvalue weighted by atomic mass is 32.1. The SMILES string of the molecule is CC(CS)CN1CCC(C)C1=O. The largest absolute Gasteiger partial charge is 0.342 e. The summed E-state index contributed by atoms with van der Waals surface area (Å²) in [6, 6.07) is 0. The molecule has 2 nitrogen and oxygen atoms in total. The summed E-state index contributed by atoms with van der Waals surface area (Å²) in [5.41, 5.74) is 0. The Morgan fingerprint density at radius 2 is 2.42 bits per heavy atom. The van der Waals surface area contributed by atoms with Crippen LogP contribution in [0.3, 0.4) is 0 Å². The second kappa shape index (κ2) is 4.17. The first-order valence-electron chi connectivity index (χ1n) is 4.54. The van der Waals surface area contributed by atoms with Crippen LogP contribution in [0.1, 0.15) is 20.3 Å². The van der Waals surface area contributed by atoms with Gasteiger partial charge in [-0.3, -0.25) is 4.79 Å². The molecule has 0 spiro atoms. The van der Waals surface area contributed by atoms with Gasteiger partial charge in [-0.15, -0.1) is 0 Å². The molecular formula is C9H17NOS. The van der Waals surface area contributed by atoms with Crippen molar-refractivity contribution in [3.8, 4) is 0 Å². The van der Waals surface area contributed by atoms with Crippen LogP contribution in [0.4, 0.5) is 0 Å². The van der Waals surface area contributed by atoms with Crippen LogP contribution in [0.2, 0.25) is 0 Å². The lowest BCUT2D eigenvalue weighted by Gasteiger charge is -2.19. The number of hydrogen-bond acceptors (Lipinski definition) is 2. The van der Waals surface area contributed by atoms with Crippen molar-refractivity contribution in [3.63, 3.8) is 0 Å². The standard InChI is InChI=1S/C9H17NOS/c1-7(6-12)5-10-4-3-8(2)9(10)11/h7-8,12H,3-6H2,1-2H3. The molecule has 1 fully saturated rings. The zero-order chi connectivity index (χ0) is 9.14. The predicted octanol–water partition coefficient (Wildman–Crippen LogP) is 1.42. The van der Waals surface area contributed by atoms with Gasteiger partial charge in [0.1, 0.15) is 0 Å². The molecule has 1 aliphatic heterocycles. The van der Waals surface area contributed by atoms with E-state index in [0.717, 1.165) is 25.3 Å². The van der Waals surface area contributed by atoms with E-state index in [2.05, 4.69) is 19.6 Å². The van der Waals surface area contributed by atoms with Crippen LogP contribution in [-0.2, 0) is 4.79 Å². The third-order valence-electron chi connectivity index (χ3n) is 2.41. The Labute approximate surface area is 79.7 Å². The van der Waals surface area contributed by atoms with E-state index in [-0.39, 0.29) is 5.92 Å². The molecule has 0 bridgehead atoms. The molecule has 0 N–H and O–H groups in total. The average Bonchev–Trinajstić information content (AvgIpc) is 2.36. The van der Waals surface area contributed by atoms with Crippen molar-refractivity contribution in [3.05, 3.63) is 0 Å². The number of nitrogens with zero attached hydrogens (tertiary/aromatic N) is 1. The van der Waals surface area contributed by atoms with Crippen LogP contribution in [0, 0.1) is 11.8 Å². The summed E-state index contributed by atoms with van der Waals surface area (Å²) >= 11 is 4.20. The van der Waals surface area contributed by atoms with Crippen molar-refractivity contribution < 1.29 is 4.79 Å². The van der Waals surface area contributed by atoms with Gasteiger partial charge in [0.25, 0.3) is 0 Å². The van der Waals surface area contributed by atoms with Gasteiger partial charge >= 0.3 is 0 Å². The lowest BCUT2D eigenvalue weighted by Crippen LogP contribution is -2.31. The third-order valence-corrected chi connectivity index (χ3v) is 3.03. The van der Waals surface area contributed by atoms with E-state index in [9.17, 15) is 4.79 Å². The fraction of sp³-hybridized carbons (Fsp3) is 0.889. The first-order chi connectivity index (χ1) is 5.65.